The third-order valence-corrected chi connectivity index (χ3v) is 4.53. The first-order chi connectivity index (χ1) is 14.2. The Morgan fingerprint density at radius 1 is 0.931 bits per heavy atom. The van der Waals surface area contributed by atoms with Gasteiger partial charge in [0.05, 0.1) is 5.69 Å². The second-order valence-electron chi connectivity index (χ2n) is 6.47. The van der Waals surface area contributed by atoms with Gasteiger partial charge in [0.15, 0.2) is 0 Å². The van der Waals surface area contributed by atoms with Crippen LogP contribution in [0.4, 0.5) is 5.82 Å². The van der Waals surface area contributed by atoms with Gasteiger partial charge >= 0.3 is 0 Å². The van der Waals surface area contributed by atoms with Crippen LogP contribution in [0.2, 0.25) is 0 Å². The Bertz CT molecular complexity index is 1150. The van der Waals surface area contributed by atoms with Crippen LogP contribution < -0.4 is 10.5 Å². The quantitative estimate of drug-likeness (QED) is 0.537. The summed E-state index contributed by atoms with van der Waals surface area (Å²) in [6.07, 6.45) is 3.42. The zero-order chi connectivity index (χ0) is 20.1. The highest BCUT2D eigenvalue weighted by Gasteiger charge is 2.13. The van der Waals surface area contributed by atoms with E-state index < -0.39 is 0 Å². The fourth-order valence-electron chi connectivity index (χ4n) is 3.04. The molecule has 29 heavy (non-hydrogen) atoms. The molecule has 2 heterocycles. The first-order valence-corrected chi connectivity index (χ1v) is 9.13. The zero-order valence-electron chi connectivity index (χ0n) is 15.6. The van der Waals surface area contributed by atoms with Crippen LogP contribution >= 0.6 is 0 Å². The molecule has 5 heteroatoms. The van der Waals surface area contributed by atoms with Gasteiger partial charge < -0.3 is 10.5 Å². The predicted molar refractivity (Wildman–Crippen MR) is 113 cm³/mol. The number of pyridine rings is 2. The number of ether oxygens (including phenoxy) is 1. The minimum atomic E-state index is 0.202. The first kappa shape index (κ1) is 18.2. The van der Waals surface area contributed by atoms with E-state index in [2.05, 4.69) is 16.0 Å². The standard InChI is InChI=1S/C24H18N4O/c25-14-22-21(13-23(28-24(22)26)19-7-4-12-27-15-19)18-8-10-20(11-9-18)29-16-17-5-2-1-3-6-17/h1-13,15H,16H2,(H2,26,28). The maximum Gasteiger partial charge on any atom is 0.142 e. The molecule has 140 valence electrons. The van der Waals surface area contributed by atoms with Crippen molar-refractivity contribution in [2.24, 2.45) is 0 Å². The summed E-state index contributed by atoms with van der Waals surface area (Å²) < 4.78 is 5.85. The van der Waals surface area contributed by atoms with E-state index >= 15 is 0 Å². The average molecular weight is 378 g/mol. The molecule has 0 atom stereocenters. The number of nitrogens with two attached hydrogens (primary N) is 1. The summed E-state index contributed by atoms with van der Waals surface area (Å²) in [6.45, 7) is 0.497. The predicted octanol–water partition coefficient (Wildman–Crippen LogP) is 4.84. The molecule has 0 aliphatic heterocycles. The molecule has 0 amide bonds. The van der Waals surface area contributed by atoms with Crippen LogP contribution in [0.15, 0.2) is 85.2 Å². The molecular formula is C24H18N4O. The van der Waals surface area contributed by atoms with E-state index in [0.717, 1.165) is 28.0 Å². The molecule has 0 aliphatic rings. The molecule has 0 bridgehead atoms. The maximum atomic E-state index is 9.58. The Morgan fingerprint density at radius 3 is 2.41 bits per heavy atom. The van der Waals surface area contributed by atoms with Gasteiger partial charge in [0.1, 0.15) is 29.8 Å². The first-order valence-electron chi connectivity index (χ1n) is 9.13. The van der Waals surface area contributed by atoms with Crippen LogP contribution in [0.5, 0.6) is 5.75 Å². The highest BCUT2D eigenvalue weighted by atomic mass is 16.5. The summed E-state index contributed by atoms with van der Waals surface area (Å²) in [6, 6.07) is 25.4. The Morgan fingerprint density at radius 2 is 1.72 bits per heavy atom. The number of nitriles is 1. The van der Waals surface area contributed by atoms with Gasteiger partial charge in [-0.2, -0.15) is 5.26 Å². The molecule has 2 N–H and O–H groups in total. The molecule has 0 radical (unpaired) electrons. The molecule has 0 aliphatic carbocycles. The molecule has 2 aromatic carbocycles. The number of hydrogen-bond acceptors (Lipinski definition) is 5. The van der Waals surface area contributed by atoms with Crippen LogP contribution in [-0.4, -0.2) is 9.97 Å². The van der Waals surface area contributed by atoms with Crippen molar-refractivity contribution in [3.8, 4) is 34.2 Å². The van der Waals surface area contributed by atoms with Crippen molar-refractivity contribution in [2.75, 3.05) is 5.73 Å². The highest BCUT2D eigenvalue weighted by Crippen LogP contribution is 2.32. The number of benzene rings is 2. The van der Waals surface area contributed by atoms with Crippen LogP contribution in [0.3, 0.4) is 0 Å². The molecule has 0 fully saturated rings. The molecule has 0 unspecified atom stereocenters. The molecule has 0 saturated carbocycles. The number of nitrogen functional groups attached to an aromatic ring is 1. The zero-order valence-corrected chi connectivity index (χ0v) is 15.6. The van der Waals surface area contributed by atoms with E-state index in [1.54, 1.807) is 12.4 Å². The van der Waals surface area contributed by atoms with Crippen LogP contribution in [0, 0.1) is 11.3 Å². The lowest BCUT2D eigenvalue weighted by molar-refractivity contribution is 0.306. The number of aromatic nitrogens is 2. The van der Waals surface area contributed by atoms with Gasteiger partial charge in [0.2, 0.25) is 0 Å². The Hall–Kier alpha value is -4.17. The Labute approximate surface area is 169 Å². The second-order valence-corrected chi connectivity index (χ2v) is 6.47. The highest BCUT2D eigenvalue weighted by molar-refractivity contribution is 5.80. The molecule has 5 nitrogen and oxygen atoms in total. The second kappa shape index (κ2) is 8.24. The van der Waals surface area contributed by atoms with Gasteiger partial charge in [-0.3, -0.25) is 4.98 Å². The molecule has 0 spiro atoms. The summed E-state index contributed by atoms with van der Waals surface area (Å²) in [5.41, 5.74) is 10.6. The summed E-state index contributed by atoms with van der Waals surface area (Å²) in [4.78, 5) is 8.50. The van der Waals surface area contributed by atoms with Crippen LogP contribution in [0.1, 0.15) is 11.1 Å². The minimum Gasteiger partial charge on any atom is -0.489 e. The van der Waals surface area contributed by atoms with Crippen molar-refractivity contribution in [3.63, 3.8) is 0 Å². The molecule has 0 saturated heterocycles. The monoisotopic (exact) mass is 378 g/mol. The van der Waals surface area contributed by atoms with Gasteiger partial charge in [-0.1, -0.05) is 42.5 Å². The van der Waals surface area contributed by atoms with Crippen molar-refractivity contribution in [1.82, 2.24) is 9.97 Å². The van der Waals surface area contributed by atoms with Crippen LogP contribution in [-0.2, 0) is 6.61 Å². The van der Waals surface area contributed by atoms with Crippen molar-refractivity contribution in [1.29, 1.82) is 5.26 Å². The third-order valence-electron chi connectivity index (χ3n) is 4.53. The Balaban J connectivity index is 1.63. The van der Waals surface area contributed by atoms with E-state index in [4.69, 9.17) is 10.5 Å². The number of hydrogen-bond donors (Lipinski definition) is 1. The smallest absolute Gasteiger partial charge is 0.142 e. The number of nitrogens with zero attached hydrogens (tertiary/aromatic N) is 3. The van der Waals surface area contributed by atoms with E-state index in [1.807, 2.05) is 72.8 Å². The number of anilines is 1. The normalized spacial score (nSPS) is 10.3. The summed E-state index contributed by atoms with van der Waals surface area (Å²) in [5, 5.41) is 9.58. The molecule has 4 aromatic rings. The molecule has 4 rings (SSSR count). The summed E-state index contributed by atoms with van der Waals surface area (Å²) >= 11 is 0. The van der Waals surface area contributed by atoms with Gasteiger partial charge in [0.25, 0.3) is 0 Å². The van der Waals surface area contributed by atoms with E-state index in [0.29, 0.717) is 17.9 Å². The fourth-order valence-corrected chi connectivity index (χ4v) is 3.04. The SMILES string of the molecule is N#Cc1c(-c2ccc(OCc3ccccc3)cc2)cc(-c2cccnc2)nc1N. The molecule has 2 aromatic heterocycles. The van der Waals surface area contributed by atoms with Crippen molar-refractivity contribution in [3.05, 3.63) is 96.3 Å². The van der Waals surface area contributed by atoms with Gasteiger partial charge in [0, 0.05) is 23.5 Å². The van der Waals surface area contributed by atoms with Crippen LogP contribution in [0.25, 0.3) is 22.4 Å². The summed E-state index contributed by atoms with van der Waals surface area (Å²) in [5.74, 6) is 0.957. The third kappa shape index (κ3) is 4.07. The van der Waals surface area contributed by atoms with Gasteiger partial charge in [-0.25, -0.2) is 4.98 Å². The average Bonchev–Trinajstić information content (AvgIpc) is 2.79. The molecular weight excluding hydrogens is 360 g/mol. The summed E-state index contributed by atoms with van der Waals surface area (Å²) in [7, 11) is 0. The van der Waals surface area contributed by atoms with E-state index in [1.165, 1.54) is 0 Å². The van der Waals surface area contributed by atoms with Crippen molar-refractivity contribution in [2.45, 2.75) is 6.61 Å². The van der Waals surface area contributed by atoms with Crippen molar-refractivity contribution >= 4 is 5.82 Å². The maximum absolute atomic E-state index is 9.58. The number of rotatable bonds is 5. The fraction of sp³-hybridized carbons (Fsp3) is 0.0417. The minimum absolute atomic E-state index is 0.202. The van der Waals surface area contributed by atoms with Gasteiger partial charge in [-0.05, 0) is 41.5 Å². The van der Waals surface area contributed by atoms with E-state index in [9.17, 15) is 5.26 Å². The van der Waals surface area contributed by atoms with Gasteiger partial charge in [-0.15, -0.1) is 0 Å². The lowest BCUT2D eigenvalue weighted by atomic mass is 9.99. The van der Waals surface area contributed by atoms with Crippen molar-refractivity contribution < 1.29 is 4.74 Å². The Kier molecular flexibility index (Phi) is 5.17. The van der Waals surface area contributed by atoms with E-state index in [-0.39, 0.29) is 5.82 Å². The lowest BCUT2D eigenvalue weighted by Gasteiger charge is -2.11. The largest absolute Gasteiger partial charge is 0.489 e. The topological polar surface area (TPSA) is 84.8 Å². The lowest BCUT2D eigenvalue weighted by Crippen LogP contribution is -2.00.